The van der Waals surface area contributed by atoms with Gasteiger partial charge in [-0.3, -0.25) is 14.6 Å². The van der Waals surface area contributed by atoms with Crippen molar-refractivity contribution in [2.75, 3.05) is 6.61 Å². The Morgan fingerprint density at radius 2 is 1.91 bits per heavy atom. The number of benzene rings is 1. The predicted molar refractivity (Wildman–Crippen MR) is 123 cm³/mol. The van der Waals surface area contributed by atoms with Crippen molar-refractivity contribution in [2.24, 2.45) is 0 Å². The molecular formula is C24H24N4O4S. The van der Waals surface area contributed by atoms with Crippen molar-refractivity contribution >= 4 is 26.5 Å². The molecule has 33 heavy (non-hydrogen) atoms. The highest BCUT2D eigenvalue weighted by Gasteiger charge is 2.26. The molecule has 1 aliphatic rings. The van der Waals surface area contributed by atoms with Crippen LogP contribution in [-0.4, -0.2) is 35.1 Å². The molecule has 1 aromatic carbocycles. The Balaban J connectivity index is 1.86. The van der Waals surface area contributed by atoms with E-state index < -0.39 is 9.84 Å². The minimum Gasteiger partial charge on any atom is -0.376 e. The summed E-state index contributed by atoms with van der Waals surface area (Å²) >= 11 is 0. The first-order valence-electron chi connectivity index (χ1n) is 10.8. The molecule has 1 N–H and O–H groups in total. The smallest absolute Gasteiger partial charge is 0.267 e. The van der Waals surface area contributed by atoms with E-state index in [1.54, 1.807) is 24.4 Å². The molecule has 0 unspecified atom stereocenters. The Bertz CT molecular complexity index is 1610. The highest BCUT2D eigenvalue weighted by molar-refractivity contribution is 7.91. The highest BCUT2D eigenvalue weighted by Crippen LogP contribution is 2.23. The first-order valence-corrected chi connectivity index (χ1v) is 12.3. The highest BCUT2D eigenvalue weighted by atomic mass is 32.2. The van der Waals surface area contributed by atoms with E-state index in [1.165, 1.54) is 27.2 Å². The van der Waals surface area contributed by atoms with Gasteiger partial charge in [-0.25, -0.2) is 13.4 Å². The van der Waals surface area contributed by atoms with Crippen LogP contribution in [0.5, 0.6) is 0 Å². The fourth-order valence-corrected chi connectivity index (χ4v) is 5.68. The second-order valence-corrected chi connectivity index (χ2v) is 10.4. The lowest BCUT2D eigenvalue weighted by Gasteiger charge is -2.18. The van der Waals surface area contributed by atoms with Gasteiger partial charge in [0.15, 0.2) is 0 Å². The molecule has 1 fully saturated rings. The quantitative estimate of drug-likeness (QED) is 0.468. The Kier molecular flexibility index (Phi) is 5.18. The molecule has 0 bridgehead atoms. The van der Waals surface area contributed by atoms with E-state index in [2.05, 4.69) is 0 Å². The van der Waals surface area contributed by atoms with Crippen molar-refractivity contribution in [2.45, 2.75) is 49.1 Å². The zero-order valence-corrected chi connectivity index (χ0v) is 19.2. The van der Waals surface area contributed by atoms with Crippen molar-refractivity contribution in [3.8, 4) is 0 Å². The monoisotopic (exact) mass is 464 g/mol. The molecule has 170 valence electrons. The summed E-state index contributed by atoms with van der Waals surface area (Å²) in [4.78, 5) is 18.0. The van der Waals surface area contributed by atoms with Crippen LogP contribution in [0.25, 0.3) is 16.7 Å². The molecule has 4 aromatic rings. The fraction of sp³-hybridized carbons (Fsp3) is 0.292. The summed E-state index contributed by atoms with van der Waals surface area (Å²) in [6.45, 7) is 4.60. The number of nitrogens with one attached hydrogen (secondary N) is 1. The van der Waals surface area contributed by atoms with Gasteiger partial charge in [0.1, 0.15) is 21.7 Å². The van der Waals surface area contributed by atoms with Crippen molar-refractivity contribution in [3.05, 3.63) is 75.6 Å². The topological polar surface area (TPSA) is 107 Å². The van der Waals surface area contributed by atoms with Crippen LogP contribution < -0.4 is 11.0 Å². The van der Waals surface area contributed by atoms with E-state index in [1.807, 2.05) is 19.9 Å². The third-order valence-electron chi connectivity index (χ3n) is 6.13. The number of sulfone groups is 1. The summed E-state index contributed by atoms with van der Waals surface area (Å²) in [5.41, 5.74) is 1.92. The second kappa shape index (κ2) is 7.93. The van der Waals surface area contributed by atoms with Crippen LogP contribution in [0.2, 0.25) is 0 Å². The summed E-state index contributed by atoms with van der Waals surface area (Å²) in [5, 5.41) is 9.00. The predicted octanol–water partition coefficient (Wildman–Crippen LogP) is 2.76. The van der Waals surface area contributed by atoms with Crippen LogP contribution in [0.15, 0.2) is 63.2 Å². The van der Waals surface area contributed by atoms with E-state index in [0.29, 0.717) is 12.3 Å². The molecule has 1 aliphatic heterocycles. The van der Waals surface area contributed by atoms with Gasteiger partial charge < -0.3 is 9.30 Å². The van der Waals surface area contributed by atoms with Gasteiger partial charge in [-0.1, -0.05) is 23.8 Å². The van der Waals surface area contributed by atoms with Gasteiger partial charge in [-0.2, -0.15) is 0 Å². The normalized spacial score (nSPS) is 16.6. The molecule has 0 aliphatic carbocycles. The maximum absolute atomic E-state index is 13.5. The lowest BCUT2D eigenvalue weighted by molar-refractivity contribution is 0.0965. The second-order valence-electron chi connectivity index (χ2n) is 8.46. The van der Waals surface area contributed by atoms with Gasteiger partial charge in [0.05, 0.1) is 22.9 Å². The summed E-state index contributed by atoms with van der Waals surface area (Å²) in [5.74, 6) is 0. The fourth-order valence-electron chi connectivity index (χ4n) is 4.29. The number of hydrogen-bond donors (Lipinski definition) is 1. The van der Waals surface area contributed by atoms with Gasteiger partial charge in [-0.05, 0) is 56.5 Å². The molecule has 4 heterocycles. The van der Waals surface area contributed by atoms with Crippen molar-refractivity contribution in [3.63, 3.8) is 0 Å². The van der Waals surface area contributed by atoms with Crippen molar-refractivity contribution in [1.82, 2.24) is 14.0 Å². The molecule has 5 rings (SSSR count). The van der Waals surface area contributed by atoms with Gasteiger partial charge in [0.25, 0.3) is 5.56 Å². The molecular weight excluding hydrogens is 440 g/mol. The molecule has 0 radical (unpaired) electrons. The van der Waals surface area contributed by atoms with Crippen LogP contribution in [0.1, 0.15) is 24.0 Å². The molecule has 0 saturated carbocycles. The standard InChI is InChI=1S/C24H24N4O4S/c1-15-7-9-18(10-8-15)33(30,31)20-13-19-23(28(21(20)25)14-17-6-4-12-32-17)26-22-16(2)5-3-11-27(22)24(19)29/h3,5,7-11,13,17,25H,4,6,12,14H2,1-2H3/t17-/m1/s1. The van der Waals surface area contributed by atoms with E-state index in [4.69, 9.17) is 15.1 Å². The summed E-state index contributed by atoms with van der Waals surface area (Å²) in [7, 11) is -4.04. The Morgan fingerprint density at radius 3 is 2.61 bits per heavy atom. The van der Waals surface area contributed by atoms with Gasteiger partial charge in [0, 0.05) is 12.8 Å². The lowest BCUT2D eigenvalue weighted by atomic mass is 10.2. The number of pyridine rings is 2. The van der Waals surface area contributed by atoms with Crippen LogP contribution in [-0.2, 0) is 21.1 Å². The number of hydrogen-bond acceptors (Lipinski definition) is 6. The third-order valence-corrected chi connectivity index (χ3v) is 7.91. The molecule has 0 amide bonds. The molecule has 9 heteroatoms. The maximum atomic E-state index is 13.5. The number of ether oxygens (including phenoxy) is 1. The number of aromatic nitrogens is 3. The number of rotatable bonds is 4. The largest absolute Gasteiger partial charge is 0.376 e. The SMILES string of the molecule is Cc1ccc(S(=O)(=O)c2cc3c(=O)n4cccc(C)c4nc3n(C[C@H]3CCCO3)c2=N)cc1. The molecule has 0 spiro atoms. The third kappa shape index (κ3) is 3.57. The zero-order chi connectivity index (χ0) is 23.3. The first kappa shape index (κ1) is 21.5. The van der Waals surface area contributed by atoms with Crippen LogP contribution in [0.3, 0.4) is 0 Å². The van der Waals surface area contributed by atoms with Gasteiger partial charge >= 0.3 is 0 Å². The first-order chi connectivity index (χ1) is 15.8. The van der Waals surface area contributed by atoms with E-state index in [-0.39, 0.29) is 44.5 Å². The van der Waals surface area contributed by atoms with Crippen LogP contribution >= 0.6 is 0 Å². The molecule has 3 aromatic heterocycles. The average molecular weight is 465 g/mol. The van der Waals surface area contributed by atoms with Crippen LogP contribution in [0, 0.1) is 19.3 Å². The van der Waals surface area contributed by atoms with Crippen LogP contribution in [0.4, 0.5) is 0 Å². The Morgan fingerprint density at radius 1 is 1.15 bits per heavy atom. The number of nitrogens with zero attached hydrogens (tertiary/aromatic N) is 3. The summed E-state index contributed by atoms with van der Waals surface area (Å²) < 4.78 is 35.8. The van der Waals surface area contributed by atoms with Gasteiger partial charge in [0.2, 0.25) is 9.84 Å². The summed E-state index contributed by atoms with van der Waals surface area (Å²) in [6.07, 6.45) is 3.14. The molecule has 1 atom stereocenters. The number of aryl methyl sites for hydroxylation is 2. The maximum Gasteiger partial charge on any atom is 0.267 e. The van der Waals surface area contributed by atoms with E-state index >= 15 is 0 Å². The lowest BCUT2D eigenvalue weighted by Crippen LogP contribution is -2.33. The van der Waals surface area contributed by atoms with Gasteiger partial charge in [-0.15, -0.1) is 0 Å². The summed E-state index contributed by atoms with van der Waals surface area (Å²) in [6, 6.07) is 11.4. The van der Waals surface area contributed by atoms with E-state index in [0.717, 1.165) is 24.0 Å². The molecule has 1 saturated heterocycles. The minimum atomic E-state index is -4.04. The number of fused-ring (bicyclic) bond motifs is 2. The Hall–Kier alpha value is -3.30. The van der Waals surface area contributed by atoms with E-state index in [9.17, 15) is 13.2 Å². The Labute approximate surface area is 190 Å². The average Bonchev–Trinajstić information content (AvgIpc) is 3.30. The van der Waals surface area contributed by atoms with Crippen molar-refractivity contribution in [1.29, 1.82) is 5.41 Å². The minimum absolute atomic E-state index is 0.0781. The zero-order valence-electron chi connectivity index (χ0n) is 18.4. The van der Waals surface area contributed by atoms with Crippen molar-refractivity contribution < 1.29 is 13.2 Å². The molecule has 8 nitrogen and oxygen atoms in total.